The Balaban J connectivity index is 0.00000232. The zero-order valence-corrected chi connectivity index (χ0v) is 16.5. The molecule has 23 heavy (non-hydrogen) atoms. The Morgan fingerprint density at radius 2 is 1.74 bits per heavy atom. The van der Waals surface area contributed by atoms with Crippen LogP contribution in [-0.4, -0.2) is 11.1 Å². The molecule has 0 bridgehead atoms. The number of carboxylic acids is 1. The van der Waals surface area contributed by atoms with E-state index in [1.165, 1.54) is 11.1 Å². The maximum atomic E-state index is 11.4. The van der Waals surface area contributed by atoms with E-state index < -0.39 is 5.97 Å². The molecule has 0 amide bonds. The summed E-state index contributed by atoms with van der Waals surface area (Å²) in [5, 5.41) is 9.36. The van der Waals surface area contributed by atoms with Crippen molar-refractivity contribution in [3.63, 3.8) is 0 Å². The van der Waals surface area contributed by atoms with Crippen LogP contribution in [0.2, 0.25) is 0 Å². The van der Waals surface area contributed by atoms with E-state index in [9.17, 15) is 9.90 Å². The minimum absolute atomic E-state index is 0.375. The third-order valence-corrected chi connectivity index (χ3v) is 5.34. The predicted molar refractivity (Wildman–Crippen MR) is 103 cm³/mol. The fourth-order valence-corrected chi connectivity index (χ4v) is 3.33. The van der Waals surface area contributed by atoms with Crippen LogP contribution in [0.15, 0.2) is 28.5 Å². The predicted octanol–water partition coefficient (Wildman–Crippen LogP) is 6.88. The third kappa shape index (κ3) is 6.06. The number of benzene rings is 1. The summed E-state index contributed by atoms with van der Waals surface area (Å²) in [4.78, 5) is 13.5. The van der Waals surface area contributed by atoms with Gasteiger partial charge in [-0.2, -0.15) is 0 Å². The average molecular weight is 337 g/mol. The SMILES string of the molecule is C=C(Sc1cc(C(=O)O)cc(C(CC)CC)c1C)C(C)C.CC. The second-order valence-electron chi connectivity index (χ2n) is 5.73. The summed E-state index contributed by atoms with van der Waals surface area (Å²) in [6.07, 6.45) is 2.05. The third-order valence-electron chi connectivity index (χ3n) is 3.96. The number of allylic oxidation sites excluding steroid dienone is 1. The van der Waals surface area contributed by atoms with Crippen molar-refractivity contribution in [2.45, 2.75) is 72.1 Å². The first kappa shape index (κ1) is 21.8. The summed E-state index contributed by atoms with van der Waals surface area (Å²) in [6.45, 7) is 18.7. The molecular weight excluding hydrogens is 304 g/mol. The van der Waals surface area contributed by atoms with Crippen LogP contribution < -0.4 is 0 Å². The van der Waals surface area contributed by atoms with Crippen LogP contribution >= 0.6 is 11.8 Å². The number of aromatic carboxylic acids is 1. The Labute approximate surface area is 146 Å². The van der Waals surface area contributed by atoms with Gasteiger partial charge in [0.2, 0.25) is 0 Å². The van der Waals surface area contributed by atoms with E-state index in [0.717, 1.165) is 22.6 Å². The highest BCUT2D eigenvalue weighted by atomic mass is 32.2. The number of carbonyl (C=O) groups is 1. The van der Waals surface area contributed by atoms with Crippen LogP contribution in [0.1, 0.15) is 81.8 Å². The summed E-state index contributed by atoms with van der Waals surface area (Å²) >= 11 is 1.60. The van der Waals surface area contributed by atoms with Crippen molar-refractivity contribution in [2.24, 2.45) is 5.92 Å². The van der Waals surface area contributed by atoms with Gasteiger partial charge in [-0.3, -0.25) is 0 Å². The van der Waals surface area contributed by atoms with Crippen molar-refractivity contribution in [1.29, 1.82) is 0 Å². The van der Waals surface area contributed by atoms with Gasteiger partial charge in [0.1, 0.15) is 0 Å². The van der Waals surface area contributed by atoms with Crippen LogP contribution in [0.4, 0.5) is 0 Å². The molecule has 0 saturated carbocycles. The van der Waals surface area contributed by atoms with Crippen molar-refractivity contribution in [3.05, 3.63) is 40.3 Å². The lowest BCUT2D eigenvalue weighted by molar-refractivity contribution is 0.0696. The maximum absolute atomic E-state index is 11.4. The summed E-state index contributed by atoms with van der Waals surface area (Å²) < 4.78 is 0. The molecule has 1 rings (SSSR count). The highest BCUT2D eigenvalue weighted by Crippen LogP contribution is 2.38. The molecule has 0 atom stereocenters. The van der Waals surface area contributed by atoms with Gasteiger partial charge < -0.3 is 5.11 Å². The zero-order valence-electron chi connectivity index (χ0n) is 15.7. The molecule has 1 N–H and O–H groups in total. The van der Waals surface area contributed by atoms with Gasteiger partial charge in [0.05, 0.1) is 5.56 Å². The zero-order chi connectivity index (χ0) is 18.2. The Morgan fingerprint density at radius 3 is 2.13 bits per heavy atom. The van der Waals surface area contributed by atoms with E-state index in [2.05, 4.69) is 41.2 Å². The first-order valence-electron chi connectivity index (χ1n) is 8.56. The van der Waals surface area contributed by atoms with Crippen molar-refractivity contribution in [1.82, 2.24) is 0 Å². The fraction of sp³-hybridized carbons (Fsp3) is 0.550. The van der Waals surface area contributed by atoms with E-state index in [1.54, 1.807) is 17.8 Å². The molecule has 0 aliphatic carbocycles. The quantitative estimate of drug-likeness (QED) is 0.551. The van der Waals surface area contributed by atoms with Gasteiger partial charge in [0.15, 0.2) is 0 Å². The van der Waals surface area contributed by atoms with Crippen LogP contribution in [0.25, 0.3) is 0 Å². The van der Waals surface area contributed by atoms with Gasteiger partial charge in [-0.1, -0.05) is 59.9 Å². The number of rotatable bonds is 7. The largest absolute Gasteiger partial charge is 0.478 e. The molecule has 0 spiro atoms. The Hall–Kier alpha value is -1.22. The summed E-state index contributed by atoms with van der Waals surface area (Å²) in [5.41, 5.74) is 2.74. The second kappa shape index (κ2) is 10.5. The minimum atomic E-state index is -0.862. The standard InChI is InChI=1S/C18H26O2S.C2H6/c1-7-14(8-2)16-9-15(18(19)20)10-17(12(16)5)21-13(6)11(3)4;1-2/h9-11,14H,6-8H2,1-5H3,(H,19,20);1-2H3. The Morgan fingerprint density at radius 1 is 1.22 bits per heavy atom. The molecule has 0 heterocycles. The molecule has 1 aromatic rings. The van der Waals surface area contributed by atoms with Crippen molar-refractivity contribution in [3.8, 4) is 0 Å². The smallest absolute Gasteiger partial charge is 0.335 e. The molecular formula is C20H32O2S. The molecule has 1 aromatic carbocycles. The number of hydrogen-bond acceptors (Lipinski definition) is 2. The van der Waals surface area contributed by atoms with E-state index in [-0.39, 0.29) is 0 Å². The highest BCUT2D eigenvalue weighted by Gasteiger charge is 2.18. The number of thioether (sulfide) groups is 1. The Bertz CT molecular complexity index is 529. The summed E-state index contributed by atoms with van der Waals surface area (Å²) in [5.74, 6) is -0.0744. The van der Waals surface area contributed by atoms with Crippen molar-refractivity contribution >= 4 is 17.7 Å². The van der Waals surface area contributed by atoms with Gasteiger partial charge in [-0.05, 0) is 59.8 Å². The second-order valence-corrected chi connectivity index (χ2v) is 6.90. The first-order chi connectivity index (χ1) is 10.8. The van der Waals surface area contributed by atoms with Gasteiger partial charge >= 0.3 is 5.97 Å². The number of hydrogen-bond donors (Lipinski definition) is 1. The lowest BCUT2D eigenvalue weighted by atomic mass is 9.89. The molecule has 130 valence electrons. The van der Waals surface area contributed by atoms with E-state index >= 15 is 0 Å². The van der Waals surface area contributed by atoms with Crippen LogP contribution in [0, 0.1) is 12.8 Å². The van der Waals surface area contributed by atoms with Crippen LogP contribution in [0.5, 0.6) is 0 Å². The molecule has 2 nitrogen and oxygen atoms in total. The summed E-state index contributed by atoms with van der Waals surface area (Å²) in [7, 11) is 0. The average Bonchev–Trinajstić information content (AvgIpc) is 2.53. The normalized spacial score (nSPS) is 10.5. The van der Waals surface area contributed by atoms with Gasteiger partial charge in [-0.25, -0.2) is 4.79 Å². The first-order valence-corrected chi connectivity index (χ1v) is 9.37. The van der Waals surface area contributed by atoms with E-state index in [4.69, 9.17) is 0 Å². The number of carboxylic acid groups (broad SMARTS) is 1. The van der Waals surface area contributed by atoms with Crippen LogP contribution in [-0.2, 0) is 0 Å². The van der Waals surface area contributed by atoms with Gasteiger partial charge in [0, 0.05) is 4.90 Å². The molecule has 0 radical (unpaired) electrons. The minimum Gasteiger partial charge on any atom is -0.478 e. The topological polar surface area (TPSA) is 37.3 Å². The van der Waals surface area contributed by atoms with Crippen molar-refractivity contribution in [2.75, 3.05) is 0 Å². The maximum Gasteiger partial charge on any atom is 0.335 e. The Kier molecular flexibility index (Phi) is 9.98. The summed E-state index contributed by atoms with van der Waals surface area (Å²) in [6, 6.07) is 3.62. The van der Waals surface area contributed by atoms with E-state index in [0.29, 0.717) is 17.4 Å². The van der Waals surface area contributed by atoms with Gasteiger partial charge in [-0.15, -0.1) is 0 Å². The molecule has 0 aliphatic heterocycles. The fourth-order valence-electron chi connectivity index (χ4n) is 2.35. The molecule has 3 heteroatoms. The van der Waals surface area contributed by atoms with E-state index in [1.807, 2.05) is 19.9 Å². The molecule has 0 unspecified atom stereocenters. The monoisotopic (exact) mass is 336 g/mol. The molecule has 0 fully saturated rings. The molecule has 0 saturated heterocycles. The highest BCUT2D eigenvalue weighted by molar-refractivity contribution is 8.03. The van der Waals surface area contributed by atoms with Gasteiger partial charge in [0.25, 0.3) is 0 Å². The molecule has 0 aliphatic rings. The van der Waals surface area contributed by atoms with Crippen molar-refractivity contribution < 1.29 is 9.90 Å². The lowest BCUT2D eigenvalue weighted by Gasteiger charge is -2.20. The lowest BCUT2D eigenvalue weighted by Crippen LogP contribution is -2.05. The molecule has 0 aromatic heterocycles. The van der Waals surface area contributed by atoms with Crippen LogP contribution in [0.3, 0.4) is 0 Å².